The summed E-state index contributed by atoms with van der Waals surface area (Å²) < 4.78 is 58.4. The molecule has 6 rings (SSSR count). The molecule has 1 atom stereocenters. The van der Waals surface area contributed by atoms with Crippen LogP contribution in [0.15, 0.2) is 73.4 Å². The van der Waals surface area contributed by atoms with E-state index in [0.717, 1.165) is 5.56 Å². The van der Waals surface area contributed by atoms with E-state index in [1.165, 1.54) is 41.6 Å². The minimum atomic E-state index is -2.96. The Balaban J connectivity index is 1.39. The molecule has 0 aliphatic rings. The predicted octanol–water partition coefficient (Wildman–Crippen LogP) is 5.99. The van der Waals surface area contributed by atoms with E-state index in [1.54, 1.807) is 41.2 Å². The van der Waals surface area contributed by atoms with Crippen molar-refractivity contribution in [1.82, 2.24) is 50.0 Å². The number of tetrazole rings is 1. The third kappa shape index (κ3) is 5.21. The fraction of sp³-hybridized carbons (Fsp3) is 0.115. The zero-order chi connectivity index (χ0) is 29.4. The van der Waals surface area contributed by atoms with Crippen molar-refractivity contribution in [3.05, 3.63) is 107 Å². The number of halogens is 6. The Hall–Kier alpha value is -4.69. The summed E-state index contributed by atoms with van der Waals surface area (Å²) in [5, 5.41) is 22.2. The molecule has 0 fully saturated rings. The Kier molecular flexibility index (Phi) is 7.39. The third-order valence-corrected chi connectivity index (χ3v) is 7.09. The van der Waals surface area contributed by atoms with Crippen molar-refractivity contribution in [2.75, 3.05) is 0 Å². The van der Waals surface area contributed by atoms with Gasteiger partial charge < -0.3 is 0 Å². The van der Waals surface area contributed by atoms with Gasteiger partial charge in [0.1, 0.15) is 17.8 Å². The first-order valence-corrected chi connectivity index (χ1v) is 12.9. The first kappa shape index (κ1) is 27.5. The van der Waals surface area contributed by atoms with Crippen LogP contribution < -0.4 is 0 Å². The monoisotopic (exact) mass is 614 g/mol. The molecule has 1 unspecified atom stereocenters. The average molecular weight is 615 g/mol. The maximum Gasteiger partial charge on any atom is 0.335 e. The lowest BCUT2D eigenvalue weighted by atomic mass is 10.0. The molecular formula is C26H16Cl2F4N10. The highest BCUT2D eigenvalue weighted by Gasteiger charge is 2.23. The van der Waals surface area contributed by atoms with Crippen molar-refractivity contribution in [3.63, 3.8) is 0 Å². The topological polar surface area (TPSA) is 105 Å². The molecule has 4 aromatic heterocycles. The molecule has 0 N–H and O–H groups in total. The van der Waals surface area contributed by atoms with Gasteiger partial charge in [-0.25, -0.2) is 8.78 Å². The largest absolute Gasteiger partial charge is 0.335 e. The van der Waals surface area contributed by atoms with Gasteiger partial charge in [-0.2, -0.15) is 23.2 Å². The Morgan fingerprint density at radius 1 is 0.881 bits per heavy atom. The fourth-order valence-corrected chi connectivity index (χ4v) is 4.83. The molecule has 0 saturated carbocycles. The van der Waals surface area contributed by atoms with Gasteiger partial charge >= 0.3 is 6.55 Å². The van der Waals surface area contributed by atoms with E-state index in [2.05, 4.69) is 35.9 Å². The van der Waals surface area contributed by atoms with E-state index in [-0.39, 0.29) is 21.4 Å². The molecule has 16 heteroatoms. The van der Waals surface area contributed by atoms with E-state index >= 15 is 4.39 Å². The molecule has 0 spiro atoms. The van der Waals surface area contributed by atoms with Crippen LogP contribution in [0.2, 0.25) is 10.2 Å². The quantitative estimate of drug-likeness (QED) is 0.194. The molecule has 0 radical (unpaired) electrons. The number of hydrogen-bond donors (Lipinski definition) is 0. The van der Waals surface area contributed by atoms with Crippen molar-refractivity contribution in [3.8, 4) is 28.1 Å². The van der Waals surface area contributed by atoms with Gasteiger partial charge in [-0.1, -0.05) is 46.6 Å². The minimum Gasteiger partial charge on any atom is -0.263 e. The van der Waals surface area contributed by atoms with Gasteiger partial charge in [0.05, 0.1) is 28.6 Å². The molecule has 0 amide bonds. The highest BCUT2D eigenvalue weighted by atomic mass is 35.5. The Morgan fingerprint density at radius 3 is 2.36 bits per heavy atom. The van der Waals surface area contributed by atoms with Crippen LogP contribution in [0, 0.1) is 11.6 Å². The molecule has 0 aliphatic heterocycles. The number of alkyl halides is 2. The summed E-state index contributed by atoms with van der Waals surface area (Å²) in [4.78, 5) is 4.60. The summed E-state index contributed by atoms with van der Waals surface area (Å²) in [6, 6.07) is 11.7. The maximum absolute atomic E-state index is 15.3. The van der Waals surface area contributed by atoms with Gasteiger partial charge in [-0.3, -0.25) is 9.67 Å². The number of aromatic nitrogens is 10. The van der Waals surface area contributed by atoms with Crippen LogP contribution in [0.1, 0.15) is 23.8 Å². The second kappa shape index (κ2) is 11.3. The lowest BCUT2D eigenvalue weighted by Gasteiger charge is -2.18. The molecule has 6 aromatic rings. The normalized spacial score (nSPS) is 12.3. The van der Waals surface area contributed by atoms with E-state index in [0.29, 0.717) is 33.6 Å². The number of rotatable bonds is 8. The summed E-state index contributed by atoms with van der Waals surface area (Å²) in [6.45, 7) is -2.96. The van der Waals surface area contributed by atoms with Gasteiger partial charge in [0.2, 0.25) is 0 Å². The standard InChI is InChI=1S/C26H16Cl2F4N10/c27-18-6-8-20(41-13-34-37-39-41)22(23(18)30)15-3-7-19(33-10-15)21(9-14-1-4-17(29)5-2-14)40-12-16(11-35-40)24-25(28)42(26(31)32)38-36-24/h1-8,10-13,21,26H,9H2. The molecular weight excluding hydrogens is 599 g/mol. The molecule has 4 heterocycles. The summed E-state index contributed by atoms with van der Waals surface area (Å²) in [5.41, 5.74) is 2.56. The lowest BCUT2D eigenvalue weighted by Crippen LogP contribution is -2.15. The van der Waals surface area contributed by atoms with E-state index < -0.39 is 24.2 Å². The summed E-state index contributed by atoms with van der Waals surface area (Å²) >= 11 is 12.2. The summed E-state index contributed by atoms with van der Waals surface area (Å²) in [5.74, 6) is -1.06. The van der Waals surface area contributed by atoms with Crippen LogP contribution in [-0.4, -0.2) is 50.0 Å². The highest BCUT2D eigenvalue weighted by molar-refractivity contribution is 6.32. The first-order valence-electron chi connectivity index (χ1n) is 12.2. The molecule has 10 nitrogen and oxygen atoms in total. The molecule has 0 aliphatic carbocycles. The molecule has 0 saturated heterocycles. The second-order valence-corrected chi connectivity index (χ2v) is 9.75. The van der Waals surface area contributed by atoms with Gasteiger partial charge in [-0.15, -0.1) is 10.2 Å². The van der Waals surface area contributed by atoms with Crippen LogP contribution >= 0.6 is 23.2 Å². The molecule has 2 aromatic carbocycles. The SMILES string of the molecule is Fc1ccc(CC(c2ccc(-c3c(-n4cnnn4)ccc(Cl)c3F)cn2)n2cc(-c3nnn(C(F)F)c3Cl)cn2)cc1. The van der Waals surface area contributed by atoms with Crippen molar-refractivity contribution < 1.29 is 17.6 Å². The van der Waals surface area contributed by atoms with Crippen molar-refractivity contribution in [1.29, 1.82) is 0 Å². The van der Waals surface area contributed by atoms with Crippen molar-refractivity contribution in [2.45, 2.75) is 19.0 Å². The predicted molar refractivity (Wildman–Crippen MR) is 143 cm³/mol. The number of hydrogen-bond acceptors (Lipinski definition) is 7. The minimum absolute atomic E-state index is 0.0265. The molecule has 0 bridgehead atoms. The van der Waals surface area contributed by atoms with Gasteiger partial charge in [0.25, 0.3) is 0 Å². The molecule has 42 heavy (non-hydrogen) atoms. The molecule has 212 valence electrons. The summed E-state index contributed by atoms with van der Waals surface area (Å²) in [6.07, 6.45) is 6.12. The van der Waals surface area contributed by atoms with Crippen molar-refractivity contribution in [2.24, 2.45) is 0 Å². The average Bonchev–Trinajstić information content (AvgIpc) is 3.76. The second-order valence-electron chi connectivity index (χ2n) is 8.99. The van der Waals surface area contributed by atoms with Gasteiger partial charge in [0.15, 0.2) is 11.0 Å². The maximum atomic E-state index is 15.3. The number of pyridine rings is 1. The number of nitrogens with zero attached hydrogens (tertiary/aromatic N) is 10. The Labute approximate surface area is 244 Å². The Bertz CT molecular complexity index is 1840. The fourth-order valence-electron chi connectivity index (χ4n) is 4.42. The first-order chi connectivity index (χ1) is 20.3. The van der Waals surface area contributed by atoms with Crippen LogP contribution in [0.4, 0.5) is 17.6 Å². The van der Waals surface area contributed by atoms with Gasteiger partial charge in [-0.05, 0) is 46.3 Å². The van der Waals surface area contributed by atoms with E-state index in [1.807, 2.05) is 0 Å². The van der Waals surface area contributed by atoms with Crippen LogP contribution in [-0.2, 0) is 6.42 Å². The third-order valence-electron chi connectivity index (χ3n) is 6.44. The lowest BCUT2D eigenvalue weighted by molar-refractivity contribution is 0.0549. The zero-order valence-electron chi connectivity index (χ0n) is 21.0. The highest BCUT2D eigenvalue weighted by Crippen LogP contribution is 2.34. The number of benzene rings is 2. The van der Waals surface area contributed by atoms with Crippen LogP contribution in [0.3, 0.4) is 0 Å². The van der Waals surface area contributed by atoms with Crippen LogP contribution in [0.25, 0.3) is 28.1 Å². The smallest absolute Gasteiger partial charge is 0.263 e. The zero-order valence-corrected chi connectivity index (χ0v) is 22.5. The van der Waals surface area contributed by atoms with E-state index in [9.17, 15) is 13.2 Å². The van der Waals surface area contributed by atoms with E-state index in [4.69, 9.17) is 23.2 Å². The summed E-state index contributed by atoms with van der Waals surface area (Å²) in [7, 11) is 0. The van der Waals surface area contributed by atoms with Gasteiger partial charge in [0, 0.05) is 35.5 Å². The van der Waals surface area contributed by atoms with Crippen LogP contribution in [0.5, 0.6) is 0 Å². The Morgan fingerprint density at radius 2 is 1.69 bits per heavy atom. The van der Waals surface area contributed by atoms with Crippen molar-refractivity contribution >= 4 is 23.2 Å².